The van der Waals surface area contributed by atoms with Crippen LogP contribution in [0.4, 0.5) is 0 Å². The van der Waals surface area contributed by atoms with E-state index < -0.39 is 10.1 Å². The quantitative estimate of drug-likeness (QED) is 0.323. The fourth-order valence-electron chi connectivity index (χ4n) is 8.48. The van der Waals surface area contributed by atoms with Gasteiger partial charge in [0.2, 0.25) is 0 Å². The van der Waals surface area contributed by atoms with Crippen LogP contribution in [0.5, 0.6) is 0 Å². The van der Waals surface area contributed by atoms with Crippen molar-refractivity contribution < 1.29 is 12.6 Å². The van der Waals surface area contributed by atoms with Crippen molar-refractivity contribution in [2.24, 2.45) is 39.7 Å². The molecule has 4 aliphatic carbocycles. The van der Waals surface area contributed by atoms with Gasteiger partial charge in [0.25, 0.3) is 10.1 Å². The minimum atomic E-state index is -3.76. The highest BCUT2D eigenvalue weighted by Gasteiger charge is 2.61. The average Bonchev–Trinajstić information content (AvgIpc) is 3.10. The third-order valence-electron chi connectivity index (χ3n) is 10.4. The number of nitrogens with one attached hydrogen (secondary N) is 1. The van der Waals surface area contributed by atoms with E-state index in [9.17, 15) is 8.42 Å². The lowest BCUT2D eigenvalue weighted by molar-refractivity contribution is -0.120. The minimum Gasteiger partial charge on any atom is -0.411 e. The molecule has 5 rings (SSSR count). The normalized spacial score (nSPS) is 42.6. The van der Waals surface area contributed by atoms with Crippen molar-refractivity contribution in [2.45, 2.75) is 95.6 Å². The van der Waals surface area contributed by atoms with Gasteiger partial charge in [-0.2, -0.15) is 8.42 Å². The van der Waals surface area contributed by atoms with Crippen molar-refractivity contribution in [2.75, 3.05) is 0 Å². The van der Waals surface area contributed by atoms with Crippen molar-refractivity contribution in [1.82, 2.24) is 5.43 Å². The summed E-state index contributed by atoms with van der Waals surface area (Å²) in [5.41, 5.74) is 13.2. The first-order chi connectivity index (χ1) is 15.7. The van der Waals surface area contributed by atoms with Crippen LogP contribution in [0.25, 0.3) is 5.53 Å². The summed E-state index contributed by atoms with van der Waals surface area (Å²) in [5, 5.41) is 3.20. The second-order valence-electron chi connectivity index (χ2n) is 11.8. The van der Waals surface area contributed by atoms with E-state index in [0.717, 1.165) is 44.1 Å². The van der Waals surface area contributed by atoms with Crippen LogP contribution < -0.4 is 5.43 Å². The van der Waals surface area contributed by atoms with Crippen LogP contribution in [0.3, 0.4) is 0 Å². The fraction of sp³-hybridized carbons (Fsp3) is 0.769. The third-order valence-corrected chi connectivity index (χ3v) is 11.7. The minimum absolute atomic E-state index is 0.0728. The molecule has 0 saturated heterocycles. The lowest BCUT2D eigenvalue weighted by atomic mass is 9.45. The summed E-state index contributed by atoms with van der Waals surface area (Å²) in [4.78, 5) is 0.266. The van der Waals surface area contributed by atoms with Gasteiger partial charge in [0.05, 0.1) is 11.0 Å². The van der Waals surface area contributed by atoms with Crippen molar-refractivity contribution in [3.63, 3.8) is 0 Å². The molecule has 4 aliphatic rings. The first kappa shape index (κ1) is 23.3. The van der Waals surface area contributed by atoms with Crippen LogP contribution in [0.15, 0.2) is 34.4 Å². The molecule has 6 nitrogen and oxygen atoms in total. The van der Waals surface area contributed by atoms with Crippen LogP contribution in [-0.4, -0.2) is 20.6 Å². The van der Waals surface area contributed by atoms with Crippen LogP contribution >= 0.6 is 0 Å². The Morgan fingerprint density at radius 3 is 2.39 bits per heavy atom. The Bertz CT molecular complexity index is 997. The van der Waals surface area contributed by atoms with Crippen LogP contribution in [0, 0.1) is 41.4 Å². The molecule has 8 atom stereocenters. The van der Waals surface area contributed by atoms with E-state index in [2.05, 4.69) is 24.5 Å². The Balaban J connectivity index is 1.33. The molecular weight excluding hydrogens is 434 g/mol. The van der Waals surface area contributed by atoms with Crippen LogP contribution in [0.1, 0.15) is 77.2 Å². The topological polar surface area (TPSA) is 90.1 Å². The number of hydrogen-bond acceptors (Lipinski definition) is 4. The molecule has 1 N–H and O–H groups in total. The summed E-state index contributed by atoms with van der Waals surface area (Å²) >= 11 is 0. The van der Waals surface area contributed by atoms with Gasteiger partial charge in [-0.1, -0.05) is 31.5 Å². The Morgan fingerprint density at radius 2 is 1.67 bits per heavy atom. The van der Waals surface area contributed by atoms with E-state index in [1.807, 2.05) is 19.1 Å². The molecule has 0 aliphatic heterocycles. The van der Waals surface area contributed by atoms with E-state index in [1.165, 1.54) is 19.3 Å². The third kappa shape index (κ3) is 3.83. The summed E-state index contributed by atoms with van der Waals surface area (Å²) in [7, 11) is -3.76. The van der Waals surface area contributed by atoms with Crippen molar-refractivity contribution in [3.05, 3.63) is 35.4 Å². The van der Waals surface area contributed by atoms with Gasteiger partial charge < -0.3 is 11.0 Å². The molecule has 0 bridgehead atoms. The SMILES string of the molecule is Cc1ccc(S(=O)(=O)O[C@H]2CC[C@H]3[C@H]4CC[C@@H]5C[C@H](NN=[N-])CC[C@]5(C)[C@@H]4CC[C@]23C)cc1. The molecule has 7 heteroatoms. The smallest absolute Gasteiger partial charge is 0.297 e. The molecule has 0 amide bonds. The summed E-state index contributed by atoms with van der Waals surface area (Å²) < 4.78 is 32.1. The maximum Gasteiger partial charge on any atom is 0.297 e. The Labute approximate surface area is 198 Å². The van der Waals surface area contributed by atoms with Gasteiger partial charge in [-0.3, -0.25) is 9.41 Å². The number of aryl methyl sites for hydroxylation is 1. The number of fused-ring (bicyclic) bond motifs is 5. The fourth-order valence-corrected chi connectivity index (χ4v) is 9.68. The molecule has 182 valence electrons. The maximum absolute atomic E-state index is 13.1. The predicted molar refractivity (Wildman–Crippen MR) is 128 cm³/mol. The number of rotatable bonds is 5. The van der Waals surface area contributed by atoms with Gasteiger partial charge in [-0.25, -0.2) is 0 Å². The zero-order chi connectivity index (χ0) is 23.4. The van der Waals surface area contributed by atoms with Gasteiger partial charge >= 0.3 is 0 Å². The lowest BCUT2D eigenvalue weighted by Crippen LogP contribution is -2.55. The van der Waals surface area contributed by atoms with Gasteiger partial charge in [0, 0.05) is 0 Å². The van der Waals surface area contributed by atoms with Crippen molar-refractivity contribution in [1.29, 1.82) is 0 Å². The molecule has 1 aromatic rings. The largest absolute Gasteiger partial charge is 0.411 e. The second-order valence-corrected chi connectivity index (χ2v) is 13.4. The molecular formula is C26H38N3O3S-. The van der Waals surface area contributed by atoms with Gasteiger partial charge in [-0.05, 0) is 117 Å². The molecule has 33 heavy (non-hydrogen) atoms. The van der Waals surface area contributed by atoms with E-state index in [-0.39, 0.29) is 22.5 Å². The zero-order valence-corrected chi connectivity index (χ0v) is 21.0. The van der Waals surface area contributed by atoms with Crippen molar-refractivity contribution >= 4 is 10.1 Å². The highest BCUT2D eigenvalue weighted by molar-refractivity contribution is 7.86. The summed E-state index contributed by atoms with van der Waals surface area (Å²) in [6, 6.07) is 7.27. The molecule has 0 radical (unpaired) electrons. The lowest BCUT2D eigenvalue weighted by Gasteiger charge is -2.61. The Kier molecular flexibility index (Phi) is 5.88. The zero-order valence-electron chi connectivity index (χ0n) is 20.2. The van der Waals surface area contributed by atoms with Crippen LogP contribution in [-0.2, 0) is 14.3 Å². The van der Waals surface area contributed by atoms with E-state index in [1.54, 1.807) is 12.1 Å². The number of benzene rings is 1. The molecule has 0 unspecified atom stereocenters. The Morgan fingerprint density at radius 1 is 0.970 bits per heavy atom. The Hall–Kier alpha value is -1.47. The van der Waals surface area contributed by atoms with Crippen LogP contribution in [0.2, 0.25) is 0 Å². The molecule has 0 aromatic heterocycles. The molecule has 0 spiro atoms. The number of nitrogens with zero attached hydrogens (tertiary/aromatic N) is 2. The van der Waals surface area contributed by atoms with E-state index in [4.69, 9.17) is 9.71 Å². The predicted octanol–water partition coefficient (Wildman–Crippen LogP) is 6.01. The molecule has 1 aromatic carbocycles. The molecule has 4 saturated carbocycles. The second kappa shape index (κ2) is 8.33. The van der Waals surface area contributed by atoms with Gasteiger partial charge in [0.15, 0.2) is 0 Å². The monoisotopic (exact) mass is 472 g/mol. The highest BCUT2D eigenvalue weighted by Crippen LogP contribution is 2.66. The molecule has 4 fully saturated rings. The number of hydrogen-bond donors (Lipinski definition) is 1. The van der Waals surface area contributed by atoms with Crippen molar-refractivity contribution in [3.8, 4) is 0 Å². The average molecular weight is 473 g/mol. The molecule has 0 heterocycles. The first-order valence-corrected chi connectivity index (χ1v) is 14.2. The standard InChI is InChI=1S/C26H38N3O3S/c1-17-4-7-20(8-5-17)33(30,31)32-24-11-10-22-21-9-6-18-16-19(28-29-27)12-14-25(18,2)23(21)13-15-26(22,24)3/h4-5,7-8,18-19,21-24H,6,9-16H2,1-3H3,(H-,27,28)/q-1/t18-,19-,21-,22+,23-,24+,25+,26+/m1/s1. The maximum atomic E-state index is 13.1. The van der Waals surface area contributed by atoms with Gasteiger partial charge in [0.1, 0.15) is 0 Å². The van der Waals surface area contributed by atoms with E-state index >= 15 is 0 Å². The highest BCUT2D eigenvalue weighted by atomic mass is 32.2. The summed E-state index contributed by atoms with van der Waals surface area (Å²) in [6.07, 6.45) is 9.66. The summed E-state index contributed by atoms with van der Waals surface area (Å²) in [5.74, 6) is 2.57. The van der Waals surface area contributed by atoms with Gasteiger partial charge in [-0.15, -0.1) is 0 Å². The summed E-state index contributed by atoms with van der Waals surface area (Å²) in [6.45, 7) is 6.76. The van der Waals surface area contributed by atoms with E-state index in [0.29, 0.717) is 29.1 Å². The first-order valence-electron chi connectivity index (χ1n) is 12.8.